The van der Waals surface area contributed by atoms with E-state index in [1.165, 1.54) is 0 Å². The van der Waals surface area contributed by atoms with Gasteiger partial charge in [-0.25, -0.2) is 10.1 Å². The Kier molecular flexibility index (Phi) is 4.81. The minimum absolute atomic E-state index is 0.334. The summed E-state index contributed by atoms with van der Waals surface area (Å²) in [7, 11) is 0. The van der Waals surface area contributed by atoms with Gasteiger partial charge in [0.25, 0.3) is 5.91 Å². The highest BCUT2D eigenvalue weighted by Crippen LogP contribution is 2.12. The molecule has 0 spiro atoms. The van der Waals surface area contributed by atoms with Gasteiger partial charge in [-0.15, -0.1) is 0 Å². The molecule has 1 heterocycles. The average Bonchev–Trinajstić information content (AvgIpc) is 3.08. The molecule has 3 rings (SSSR count). The molecule has 0 bridgehead atoms. The fourth-order valence-electron chi connectivity index (χ4n) is 2.02. The van der Waals surface area contributed by atoms with Crippen LogP contribution in [0.4, 0.5) is 0 Å². The number of carbonyl (C=O) groups is 1. The van der Waals surface area contributed by atoms with E-state index in [-0.39, 0.29) is 5.91 Å². The molecule has 0 unspecified atom stereocenters. The summed E-state index contributed by atoms with van der Waals surface area (Å²) in [5, 5.41) is 11.3. The molecule has 0 atom stereocenters. The Bertz CT molecular complexity index is 856. The molecular formula is C17H16N4O3. The van der Waals surface area contributed by atoms with Crippen molar-refractivity contribution in [2.45, 2.75) is 13.3 Å². The first-order valence-corrected chi connectivity index (χ1v) is 7.55. The first-order chi connectivity index (χ1) is 11.8. The smallest absolute Gasteiger partial charge is 0.271 e. The Morgan fingerprint density at radius 1 is 1.21 bits per heavy atom. The van der Waals surface area contributed by atoms with Crippen LogP contribution >= 0.6 is 0 Å². The van der Waals surface area contributed by atoms with E-state index in [1.807, 2.05) is 24.3 Å². The van der Waals surface area contributed by atoms with Crippen LogP contribution in [-0.4, -0.2) is 29.0 Å². The maximum Gasteiger partial charge on any atom is 0.271 e. The first-order valence-electron chi connectivity index (χ1n) is 7.55. The molecule has 0 aliphatic carbocycles. The van der Waals surface area contributed by atoms with Gasteiger partial charge in [-0.05, 0) is 64.8 Å². The molecule has 0 radical (unpaired) electrons. The van der Waals surface area contributed by atoms with Crippen molar-refractivity contribution < 1.29 is 14.2 Å². The van der Waals surface area contributed by atoms with Crippen LogP contribution in [0.15, 0.2) is 52.2 Å². The van der Waals surface area contributed by atoms with Gasteiger partial charge in [-0.1, -0.05) is 6.92 Å². The van der Waals surface area contributed by atoms with Crippen molar-refractivity contribution in [2.75, 3.05) is 6.61 Å². The zero-order chi connectivity index (χ0) is 16.8. The number of hydrogen-bond acceptors (Lipinski definition) is 6. The van der Waals surface area contributed by atoms with E-state index in [0.717, 1.165) is 17.7 Å². The standard InChI is InChI=1S/C17H16N4O3/c1-2-9-23-14-6-3-12(4-7-14)11-18-19-17(22)13-5-8-15-16(10-13)21-24-20-15/h3-8,10-11H,2,9H2,1H3,(H,19,22). The fraction of sp³-hybridized carbons (Fsp3) is 0.176. The molecule has 24 heavy (non-hydrogen) atoms. The summed E-state index contributed by atoms with van der Waals surface area (Å²) in [6.07, 6.45) is 2.53. The van der Waals surface area contributed by atoms with E-state index in [9.17, 15) is 4.79 Å². The number of hydrogen-bond donors (Lipinski definition) is 1. The largest absolute Gasteiger partial charge is 0.494 e. The van der Waals surface area contributed by atoms with E-state index in [4.69, 9.17) is 4.74 Å². The predicted molar refractivity (Wildman–Crippen MR) is 89.1 cm³/mol. The van der Waals surface area contributed by atoms with Gasteiger partial charge in [-0.3, -0.25) is 4.79 Å². The summed E-state index contributed by atoms with van der Waals surface area (Å²) >= 11 is 0. The highest BCUT2D eigenvalue weighted by molar-refractivity contribution is 5.97. The highest BCUT2D eigenvalue weighted by atomic mass is 16.6. The van der Waals surface area contributed by atoms with E-state index in [0.29, 0.717) is 23.2 Å². The number of rotatable bonds is 6. The zero-order valence-corrected chi connectivity index (χ0v) is 13.1. The third kappa shape index (κ3) is 3.75. The number of hydrazone groups is 1. The minimum Gasteiger partial charge on any atom is -0.494 e. The summed E-state index contributed by atoms with van der Waals surface area (Å²) in [5.74, 6) is 0.478. The van der Waals surface area contributed by atoms with E-state index < -0.39 is 0 Å². The van der Waals surface area contributed by atoms with E-state index >= 15 is 0 Å². The normalized spacial score (nSPS) is 11.0. The van der Waals surface area contributed by atoms with Crippen LogP contribution in [-0.2, 0) is 0 Å². The Balaban J connectivity index is 1.59. The molecule has 2 aromatic carbocycles. The second-order valence-electron chi connectivity index (χ2n) is 5.08. The molecule has 1 N–H and O–H groups in total. The van der Waals surface area contributed by atoms with Gasteiger partial charge in [0.2, 0.25) is 0 Å². The third-order valence-electron chi connectivity index (χ3n) is 3.25. The lowest BCUT2D eigenvalue weighted by Crippen LogP contribution is -2.17. The second-order valence-corrected chi connectivity index (χ2v) is 5.08. The van der Waals surface area contributed by atoms with Crippen LogP contribution in [0.3, 0.4) is 0 Å². The molecule has 1 amide bonds. The summed E-state index contributed by atoms with van der Waals surface area (Å²) in [5.41, 5.74) is 4.88. The Morgan fingerprint density at radius 3 is 2.79 bits per heavy atom. The number of benzene rings is 2. The maximum atomic E-state index is 12.0. The Morgan fingerprint density at radius 2 is 2.00 bits per heavy atom. The van der Waals surface area contributed by atoms with Crippen molar-refractivity contribution >= 4 is 23.2 Å². The maximum absolute atomic E-state index is 12.0. The number of amides is 1. The molecule has 0 fully saturated rings. The number of nitrogens with one attached hydrogen (secondary N) is 1. The van der Waals surface area contributed by atoms with Gasteiger partial charge in [0.05, 0.1) is 12.8 Å². The molecule has 3 aromatic rings. The number of aromatic nitrogens is 2. The summed E-state index contributed by atoms with van der Waals surface area (Å²) in [6, 6.07) is 12.4. The predicted octanol–water partition coefficient (Wildman–Crippen LogP) is 2.78. The lowest BCUT2D eigenvalue weighted by atomic mass is 10.2. The van der Waals surface area contributed by atoms with Gasteiger partial charge in [0.15, 0.2) is 0 Å². The second kappa shape index (κ2) is 7.36. The van der Waals surface area contributed by atoms with Crippen LogP contribution in [0.2, 0.25) is 0 Å². The number of fused-ring (bicyclic) bond motifs is 1. The minimum atomic E-state index is -0.334. The molecular weight excluding hydrogens is 308 g/mol. The Hall–Kier alpha value is -3.22. The molecule has 0 aliphatic rings. The quantitative estimate of drug-likeness (QED) is 0.556. The fourth-order valence-corrected chi connectivity index (χ4v) is 2.02. The van der Waals surface area contributed by atoms with Crippen molar-refractivity contribution in [3.05, 3.63) is 53.6 Å². The molecule has 122 valence electrons. The van der Waals surface area contributed by atoms with Crippen LogP contribution in [0.25, 0.3) is 11.0 Å². The van der Waals surface area contributed by atoms with E-state index in [2.05, 4.69) is 32.4 Å². The van der Waals surface area contributed by atoms with Gasteiger partial charge in [-0.2, -0.15) is 5.10 Å². The zero-order valence-electron chi connectivity index (χ0n) is 13.1. The van der Waals surface area contributed by atoms with Crippen molar-refractivity contribution in [1.29, 1.82) is 0 Å². The Labute approximate surface area is 138 Å². The molecule has 0 saturated carbocycles. The molecule has 1 aromatic heterocycles. The van der Waals surface area contributed by atoms with Crippen LogP contribution in [0.5, 0.6) is 5.75 Å². The SMILES string of the molecule is CCCOc1ccc(C=NNC(=O)c2ccc3nonc3c2)cc1. The number of ether oxygens (including phenoxy) is 1. The van der Waals surface area contributed by atoms with Gasteiger partial charge < -0.3 is 4.74 Å². The summed E-state index contributed by atoms with van der Waals surface area (Å²) < 4.78 is 10.1. The topological polar surface area (TPSA) is 89.6 Å². The van der Waals surface area contributed by atoms with Crippen molar-refractivity contribution in [1.82, 2.24) is 15.7 Å². The van der Waals surface area contributed by atoms with Gasteiger partial charge in [0, 0.05) is 5.56 Å². The molecule has 0 saturated heterocycles. The third-order valence-corrected chi connectivity index (χ3v) is 3.25. The lowest BCUT2D eigenvalue weighted by molar-refractivity contribution is 0.0955. The molecule has 0 aliphatic heterocycles. The number of carbonyl (C=O) groups excluding carboxylic acids is 1. The first kappa shape index (κ1) is 15.7. The van der Waals surface area contributed by atoms with Crippen molar-refractivity contribution in [2.24, 2.45) is 5.10 Å². The van der Waals surface area contributed by atoms with Crippen LogP contribution in [0, 0.1) is 0 Å². The van der Waals surface area contributed by atoms with Crippen LogP contribution in [0.1, 0.15) is 29.3 Å². The number of nitrogens with zero attached hydrogens (tertiary/aromatic N) is 3. The van der Waals surface area contributed by atoms with Crippen molar-refractivity contribution in [3.63, 3.8) is 0 Å². The summed E-state index contributed by atoms with van der Waals surface area (Å²) in [4.78, 5) is 12.0. The van der Waals surface area contributed by atoms with Gasteiger partial charge >= 0.3 is 0 Å². The molecule has 7 nitrogen and oxygen atoms in total. The molecule has 7 heteroatoms. The van der Waals surface area contributed by atoms with E-state index in [1.54, 1.807) is 24.4 Å². The average molecular weight is 324 g/mol. The lowest BCUT2D eigenvalue weighted by Gasteiger charge is -2.04. The monoisotopic (exact) mass is 324 g/mol. The van der Waals surface area contributed by atoms with Gasteiger partial charge in [0.1, 0.15) is 16.8 Å². The van der Waals surface area contributed by atoms with Crippen LogP contribution < -0.4 is 10.2 Å². The highest BCUT2D eigenvalue weighted by Gasteiger charge is 2.07. The van der Waals surface area contributed by atoms with Crippen molar-refractivity contribution in [3.8, 4) is 5.75 Å². The summed E-state index contributed by atoms with van der Waals surface area (Å²) in [6.45, 7) is 2.75.